The molecular formula is C14H18FN3O3. The Morgan fingerprint density at radius 1 is 1.24 bits per heavy atom. The second-order valence-electron chi connectivity index (χ2n) is 5.26. The molecule has 0 bridgehead atoms. The van der Waals surface area contributed by atoms with Crippen molar-refractivity contribution in [2.75, 3.05) is 27.2 Å². The van der Waals surface area contributed by atoms with E-state index in [1.807, 2.05) is 19.0 Å². The van der Waals surface area contributed by atoms with E-state index in [4.69, 9.17) is 0 Å². The van der Waals surface area contributed by atoms with Crippen molar-refractivity contribution in [2.24, 2.45) is 0 Å². The third kappa shape index (κ3) is 3.49. The lowest BCUT2D eigenvalue weighted by Gasteiger charge is -2.24. The Morgan fingerprint density at radius 2 is 1.81 bits per heavy atom. The molecule has 1 aliphatic rings. The van der Waals surface area contributed by atoms with Gasteiger partial charge >= 0.3 is 6.09 Å². The van der Waals surface area contributed by atoms with Crippen LogP contribution in [0.3, 0.4) is 0 Å². The van der Waals surface area contributed by atoms with E-state index in [1.54, 1.807) is 0 Å². The van der Waals surface area contributed by atoms with Gasteiger partial charge in [-0.05, 0) is 31.8 Å². The molecule has 2 amide bonds. The molecule has 0 aromatic heterocycles. The fourth-order valence-corrected chi connectivity index (χ4v) is 2.27. The van der Waals surface area contributed by atoms with Crippen LogP contribution in [0.2, 0.25) is 0 Å². The van der Waals surface area contributed by atoms with Crippen molar-refractivity contribution in [3.63, 3.8) is 0 Å². The van der Waals surface area contributed by atoms with Crippen molar-refractivity contribution >= 4 is 12.0 Å². The van der Waals surface area contributed by atoms with Gasteiger partial charge in [0.05, 0.1) is 19.5 Å². The zero-order valence-corrected chi connectivity index (χ0v) is 12.0. The largest absolute Gasteiger partial charge is 0.464 e. The van der Waals surface area contributed by atoms with Crippen molar-refractivity contribution in [3.05, 3.63) is 35.6 Å². The number of amides is 2. The zero-order chi connectivity index (χ0) is 15.6. The summed E-state index contributed by atoms with van der Waals surface area (Å²) in [5, 5.41) is 11.5. The second kappa shape index (κ2) is 6.09. The molecule has 0 spiro atoms. The van der Waals surface area contributed by atoms with Gasteiger partial charge in [0.1, 0.15) is 5.82 Å². The van der Waals surface area contributed by atoms with Crippen molar-refractivity contribution in [3.8, 4) is 0 Å². The average Bonchev–Trinajstić information content (AvgIpc) is 2.87. The third-order valence-electron chi connectivity index (χ3n) is 3.57. The number of nitrogens with zero attached hydrogens (tertiary/aromatic N) is 3. The van der Waals surface area contributed by atoms with Crippen LogP contribution >= 0.6 is 0 Å². The van der Waals surface area contributed by atoms with Gasteiger partial charge < -0.3 is 10.0 Å². The van der Waals surface area contributed by atoms with Crippen LogP contribution in [-0.4, -0.2) is 65.3 Å². The highest BCUT2D eigenvalue weighted by molar-refractivity contribution is 5.81. The molecule has 1 atom stereocenters. The molecule has 1 aromatic carbocycles. The first-order valence-electron chi connectivity index (χ1n) is 6.60. The Hall–Kier alpha value is -2.15. The number of likely N-dealkylation sites (N-methyl/N-ethyl adjacent to an activating group) is 1. The van der Waals surface area contributed by atoms with Crippen LogP contribution in [0.5, 0.6) is 0 Å². The minimum Gasteiger partial charge on any atom is -0.464 e. The normalized spacial score (nSPS) is 18.4. The molecule has 0 aliphatic carbocycles. The summed E-state index contributed by atoms with van der Waals surface area (Å²) >= 11 is 0. The fraction of sp³-hybridized carbons (Fsp3) is 0.429. The van der Waals surface area contributed by atoms with Crippen LogP contribution in [0, 0.1) is 5.82 Å². The Kier molecular flexibility index (Phi) is 4.42. The lowest BCUT2D eigenvalue weighted by molar-refractivity contribution is -0.140. The molecule has 114 valence electrons. The van der Waals surface area contributed by atoms with E-state index in [1.165, 1.54) is 29.3 Å². The number of benzene rings is 1. The Morgan fingerprint density at radius 3 is 2.33 bits per heavy atom. The first-order valence-corrected chi connectivity index (χ1v) is 6.60. The quantitative estimate of drug-likeness (QED) is 0.905. The van der Waals surface area contributed by atoms with Crippen molar-refractivity contribution < 1.29 is 19.1 Å². The molecule has 1 unspecified atom stereocenters. The van der Waals surface area contributed by atoms with Gasteiger partial charge in [0.15, 0.2) is 0 Å². The van der Waals surface area contributed by atoms with E-state index in [2.05, 4.69) is 0 Å². The number of carbonyl (C=O) groups is 2. The highest BCUT2D eigenvalue weighted by Crippen LogP contribution is 2.16. The van der Waals surface area contributed by atoms with Gasteiger partial charge in [-0.15, -0.1) is 0 Å². The molecule has 1 N–H and O–H groups in total. The standard InChI is InChI=1S/C14H18FN3O3/c1-16(2)12-8-17(18(9-12)14(20)21)13(19)7-10-3-5-11(15)6-4-10/h3-6,12H,7-9H2,1-2H3,(H,20,21). The summed E-state index contributed by atoms with van der Waals surface area (Å²) in [7, 11) is 3.69. The maximum atomic E-state index is 12.8. The van der Waals surface area contributed by atoms with Crippen LogP contribution in [0.1, 0.15) is 5.56 Å². The van der Waals surface area contributed by atoms with Crippen LogP contribution in [0.15, 0.2) is 24.3 Å². The number of hydrazine groups is 1. The molecule has 1 heterocycles. The molecule has 1 fully saturated rings. The van der Waals surface area contributed by atoms with Gasteiger partial charge in [-0.3, -0.25) is 4.79 Å². The maximum absolute atomic E-state index is 12.8. The molecule has 0 saturated carbocycles. The Balaban J connectivity index is 2.09. The SMILES string of the molecule is CN(C)C1CN(C(=O)O)N(C(=O)Cc2ccc(F)cc2)C1. The minimum absolute atomic E-state index is 0.0294. The molecule has 7 heteroatoms. The van der Waals surface area contributed by atoms with E-state index in [0.29, 0.717) is 12.1 Å². The zero-order valence-electron chi connectivity index (χ0n) is 12.0. The molecule has 0 radical (unpaired) electrons. The van der Waals surface area contributed by atoms with E-state index in [-0.39, 0.29) is 30.7 Å². The Labute approximate surface area is 122 Å². The van der Waals surface area contributed by atoms with E-state index in [0.717, 1.165) is 5.01 Å². The monoisotopic (exact) mass is 295 g/mol. The maximum Gasteiger partial charge on any atom is 0.426 e. The van der Waals surface area contributed by atoms with Crippen molar-refractivity contribution in [2.45, 2.75) is 12.5 Å². The van der Waals surface area contributed by atoms with Gasteiger partial charge in [-0.1, -0.05) is 12.1 Å². The molecule has 1 aliphatic heterocycles. The highest BCUT2D eigenvalue weighted by atomic mass is 19.1. The summed E-state index contributed by atoms with van der Waals surface area (Å²) in [5.41, 5.74) is 0.653. The van der Waals surface area contributed by atoms with Gasteiger partial charge in [0.25, 0.3) is 0 Å². The minimum atomic E-state index is -1.15. The Bertz CT molecular complexity index is 533. The van der Waals surface area contributed by atoms with Crippen LogP contribution in [0.25, 0.3) is 0 Å². The van der Waals surface area contributed by atoms with Crippen molar-refractivity contribution in [1.82, 2.24) is 14.9 Å². The first kappa shape index (κ1) is 15.2. The van der Waals surface area contributed by atoms with Crippen LogP contribution < -0.4 is 0 Å². The predicted molar refractivity (Wildman–Crippen MR) is 74.0 cm³/mol. The van der Waals surface area contributed by atoms with E-state index in [9.17, 15) is 19.1 Å². The van der Waals surface area contributed by atoms with E-state index < -0.39 is 6.09 Å². The summed E-state index contributed by atoms with van der Waals surface area (Å²) in [6.07, 6.45) is -1.10. The summed E-state index contributed by atoms with van der Waals surface area (Å²) in [5.74, 6) is -0.680. The lowest BCUT2D eigenvalue weighted by atomic mass is 10.1. The van der Waals surface area contributed by atoms with Gasteiger partial charge in [-0.2, -0.15) is 0 Å². The number of hydrogen-bond donors (Lipinski definition) is 1. The summed E-state index contributed by atoms with van der Waals surface area (Å²) in [4.78, 5) is 25.4. The molecule has 1 saturated heterocycles. The van der Waals surface area contributed by atoms with Crippen molar-refractivity contribution in [1.29, 1.82) is 0 Å². The van der Waals surface area contributed by atoms with Crippen LogP contribution in [0.4, 0.5) is 9.18 Å². The number of hydrogen-bond acceptors (Lipinski definition) is 3. The summed E-state index contributed by atoms with van der Waals surface area (Å²) < 4.78 is 12.8. The number of carboxylic acid groups (broad SMARTS) is 1. The number of halogens is 1. The highest BCUT2D eigenvalue weighted by Gasteiger charge is 2.37. The third-order valence-corrected chi connectivity index (χ3v) is 3.57. The molecule has 1 aromatic rings. The average molecular weight is 295 g/mol. The molecule has 6 nitrogen and oxygen atoms in total. The topological polar surface area (TPSA) is 64.1 Å². The number of rotatable bonds is 3. The van der Waals surface area contributed by atoms with Crippen LogP contribution in [-0.2, 0) is 11.2 Å². The predicted octanol–water partition coefficient (Wildman–Crippen LogP) is 1.04. The smallest absolute Gasteiger partial charge is 0.426 e. The summed E-state index contributed by atoms with van der Waals surface area (Å²) in [6.45, 7) is 0.594. The first-order chi connectivity index (χ1) is 9.88. The molecule has 21 heavy (non-hydrogen) atoms. The lowest BCUT2D eigenvalue weighted by Crippen LogP contribution is -2.44. The second-order valence-corrected chi connectivity index (χ2v) is 5.26. The summed E-state index contributed by atoms with van der Waals surface area (Å²) in [6, 6.07) is 5.59. The molecular weight excluding hydrogens is 277 g/mol. The van der Waals surface area contributed by atoms with Gasteiger partial charge in [0.2, 0.25) is 5.91 Å². The number of carbonyl (C=O) groups excluding carboxylic acids is 1. The van der Waals surface area contributed by atoms with E-state index >= 15 is 0 Å². The van der Waals surface area contributed by atoms with Gasteiger partial charge in [0, 0.05) is 6.04 Å². The molecule has 2 rings (SSSR count). The van der Waals surface area contributed by atoms with Gasteiger partial charge in [-0.25, -0.2) is 19.2 Å². The fourth-order valence-electron chi connectivity index (χ4n) is 2.27.